The molecular weight excluding hydrogens is 180 g/mol. The molecule has 0 aromatic carbocycles. The highest BCUT2D eigenvalue weighted by molar-refractivity contribution is 5.13. The largest absolute Gasteiger partial charge is 0.386 e. The summed E-state index contributed by atoms with van der Waals surface area (Å²) in [6, 6.07) is 0. The van der Waals surface area contributed by atoms with Crippen LogP contribution >= 0.6 is 0 Å². The maximum Gasteiger partial charge on any atom is 0.211 e. The van der Waals surface area contributed by atoms with E-state index in [1.165, 1.54) is 0 Å². The second kappa shape index (κ2) is 2.94. The second-order valence-corrected chi connectivity index (χ2v) is 5.12. The minimum Gasteiger partial charge on any atom is -0.386 e. The topological polar surface area (TPSA) is 38.7 Å². The van der Waals surface area contributed by atoms with Crippen LogP contribution in [0.5, 0.6) is 0 Å². The van der Waals surface area contributed by atoms with Crippen molar-refractivity contribution in [3.05, 3.63) is 0 Å². The Morgan fingerprint density at radius 2 is 2.29 bits per heavy atom. The number of ether oxygens (including phenoxy) is 2. The summed E-state index contributed by atoms with van der Waals surface area (Å²) in [6.07, 6.45) is 1.84. The summed E-state index contributed by atoms with van der Waals surface area (Å²) in [5.41, 5.74) is -0.625. The molecule has 0 radical (unpaired) electrons. The average Bonchev–Trinajstić information content (AvgIpc) is 2.64. The van der Waals surface area contributed by atoms with Crippen LogP contribution in [0.3, 0.4) is 0 Å². The lowest BCUT2D eigenvalue weighted by Gasteiger charge is -2.36. The number of aliphatic hydroxyl groups is 1. The normalized spacial score (nSPS) is 51.7. The van der Waals surface area contributed by atoms with Crippen LogP contribution in [0.25, 0.3) is 0 Å². The van der Waals surface area contributed by atoms with Gasteiger partial charge in [0, 0.05) is 12.5 Å². The van der Waals surface area contributed by atoms with Crippen molar-refractivity contribution in [1.82, 2.24) is 0 Å². The molecule has 2 rings (SSSR count). The lowest BCUT2D eigenvalue weighted by molar-refractivity contribution is -0.0884. The Balaban J connectivity index is 2.35. The van der Waals surface area contributed by atoms with E-state index < -0.39 is 5.60 Å². The molecule has 14 heavy (non-hydrogen) atoms. The average molecular weight is 202 g/mol. The Labute approximate surface area is 86.9 Å². The zero-order valence-electron chi connectivity index (χ0n) is 10.4. The van der Waals surface area contributed by atoms with E-state index in [0.717, 1.165) is 12.8 Å². The summed E-state index contributed by atoms with van der Waals surface area (Å²) in [4.78, 5) is 0. The maximum absolute atomic E-state index is 7.39. The molecule has 0 aromatic heterocycles. The molecule has 4 atom stereocenters. The quantitative estimate of drug-likeness (QED) is 0.734. The third kappa shape index (κ3) is 1.03. The third-order valence-corrected chi connectivity index (χ3v) is 4.36. The molecule has 3 nitrogen and oxygen atoms in total. The molecule has 2 fully saturated rings. The molecule has 1 saturated carbocycles. The minimum atomic E-state index is -0.493. The standard InChI is InChI=1S/C11H20O3/c1-7-10(2,3)11(12)6-5-8(13-4)9(11)14-7/h7-9,12H,5-6H2,1-4H3/t7-,8+,9-,11+/m0/s1/i12T. The molecule has 0 bridgehead atoms. The Bertz CT molecular complexity index is 256. The van der Waals surface area contributed by atoms with Crippen LogP contribution in [0.1, 0.15) is 33.6 Å². The zero-order valence-corrected chi connectivity index (χ0v) is 9.37. The van der Waals surface area contributed by atoms with Gasteiger partial charge < -0.3 is 14.6 Å². The molecule has 0 spiro atoms. The van der Waals surface area contributed by atoms with Crippen LogP contribution in [-0.4, -0.2) is 37.6 Å². The second-order valence-electron chi connectivity index (χ2n) is 5.12. The van der Waals surface area contributed by atoms with Gasteiger partial charge in [-0.2, -0.15) is 0 Å². The third-order valence-electron chi connectivity index (χ3n) is 4.36. The number of hydrogen-bond donors (Lipinski definition) is 1. The molecule has 1 heterocycles. The summed E-state index contributed by atoms with van der Waals surface area (Å²) in [5, 5.41) is 5.09. The first-order valence-corrected chi connectivity index (χ1v) is 5.32. The zero-order chi connectivity index (χ0) is 11.3. The number of rotatable bonds is 2. The highest BCUT2D eigenvalue weighted by Crippen LogP contribution is 2.54. The van der Waals surface area contributed by atoms with Gasteiger partial charge in [-0.25, -0.2) is 0 Å². The van der Waals surface area contributed by atoms with Crippen LogP contribution < -0.4 is 0 Å². The summed E-state index contributed by atoms with van der Waals surface area (Å²) < 4.78 is 18.7. The van der Waals surface area contributed by atoms with Crippen LogP contribution in [-0.2, 0) is 9.47 Å². The first-order valence-electron chi connectivity index (χ1n) is 5.73. The molecular formula is C11H20O3. The maximum atomic E-state index is 7.39. The van der Waals surface area contributed by atoms with Crippen molar-refractivity contribution in [3.8, 4) is 0 Å². The Kier molecular flexibility index (Phi) is 1.92. The van der Waals surface area contributed by atoms with E-state index in [-0.39, 0.29) is 23.7 Å². The fourth-order valence-corrected chi connectivity index (χ4v) is 2.81. The molecule has 1 saturated heterocycles. The van der Waals surface area contributed by atoms with Gasteiger partial charge in [0.2, 0.25) is 1.43 Å². The van der Waals surface area contributed by atoms with Crippen LogP contribution in [0.4, 0.5) is 0 Å². The molecule has 1 aliphatic heterocycles. The van der Waals surface area contributed by atoms with Crippen LogP contribution in [0, 0.1) is 5.41 Å². The van der Waals surface area contributed by atoms with Gasteiger partial charge in [-0.15, -0.1) is 0 Å². The monoisotopic (exact) mass is 202 g/mol. The summed E-state index contributed by atoms with van der Waals surface area (Å²) in [6.45, 7) is 6.28. The predicted molar refractivity (Wildman–Crippen MR) is 53.1 cm³/mol. The van der Waals surface area contributed by atoms with E-state index >= 15 is 0 Å². The highest BCUT2D eigenvalue weighted by atomic mass is 16.6. The molecule has 0 aromatic rings. The van der Waals surface area contributed by atoms with Crippen molar-refractivity contribution in [2.45, 2.75) is 57.5 Å². The van der Waals surface area contributed by atoms with E-state index in [9.17, 15) is 0 Å². The molecule has 0 unspecified atom stereocenters. The van der Waals surface area contributed by atoms with Crippen LogP contribution in [0.2, 0.25) is 0 Å². The van der Waals surface area contributed by atoms with Gasteiger partial charge in [-0.1, -0.05) is 13.8 Å². The number of hydrogen-bond acceptors (Lipinski definition) is 3. The molecule has 82 valence electrons. The van der Waals surface area contributed by atoms with E-state index in [0.29, 0.717) is 0 Å². The van der Waals surface area contributed by atoms with E-state index in [1.807, 2.05) is 6.92 Å². The van der Waals surface area contributed by atoms with Gasteiger partial charge in [0.1, 0.15) is 11.7 Å². The van der Waals surface area contributed by atoms with E-state index in [1.54, 1.807) is 7.11 Å². The molecule has 1 N–H and O–H groups in total. The van der Waals surface area contributed by atoms with Crippen molar-refractivity contribution in [3.63, 3.8) is 0 Å². The SMILES string of the molecule is [3H]O[C@]12CC[C@@H](OC)[C@@H]1O[C@@H](C)C2(C)C. The van der Waals surface area contributed by atoms with Crippen molar-refractivity contribution in [1.29, 1.82) is 1.43 Å². The van der Waals surface area contributed by atoms with Crippen molar-refractivity contribution in [2.75, 3.05) is 7.11 Å². The van der Waals surface area contributed by atoms with E-state index in [2.05, 4.69) is 13.8 Å². The fourth-order valence-electron chi connectivity index (χ4n) is 2.81. The van der Waals surface area contributed by atoms with Gasteiger partial charge >= 0.3 is 0 Å². The molecule has 2 aliphatic rings. The summed E-state index contributed by atoms with van der Waals surface area (Å²) in [7, 11) is 1.70. The first kappa shape index (κ1) is 9.13. The number of methoxy groups -OCH3 is 1. The molecule has 0 amide bonds. The smallest absolute Gasteiger partial charge is 0.211 e. The molecule has 3 heteroatoms. The Morgan fingerprint density at radius 3 is 2.86 bits per heavy atom. The molecule has 1 aliphatic carbocycles. The highest BCUT2D eigenvalue weighted by Gasteiger charge is 2.64. The Hall–Kier alpha value is -0.120. The van der Waals surface area contributed by atoms with Crippen molar-refractivity contribution >= 4 is 0 Å². The minimum absolute atomic E-state index is 0.0691. The predicted octanol–water partition coefficient (Wildman–Crippen LogP) is 1.34. The first-order chi connectivity index (χ1) is 6.99. The number of fused-ring (bicyclic) bond motifs is 1. The lowest BCUT2D eigenvalue weighted by atomic mass is 9.72. The lowest BCUT2D eigenvalue weighted by Crippen LogP contribution is -2.48. The summed E-state index contributed by atoms with van der Waals surface area (Å²) >= 11 is 0. The van der Waals surface area contributed by atoms with Gasteiger partial charge in [0.25, 0.3) is 0 Å². The van der Waals surface area contributed by atoms with Crippen LogP contribution in [0.15, 0.2) is 0 Å². The van der Waals surface area contributed by atoms with Crippen molar-refractivity contribution in [2.24, 2.45) is 5.41 Å². The van der Waals surface area contributed by atoms with Gasteiger partial charge in [-0.05, 0) is 19.8 Å². The summed E-state index contributed by atoms with van der Waals surface area (Å²) in [5.74, 6) is 0. The fraction of sp³-hybridized carbons (Fsp3) is 1.00. The van der Waals surface area contributed by atoms with Crippen molar-refractivity contribution < 1.29 is 14.6 Å². The van der Waals surface area contributed by atoms with Gasteiger partial charge in [-0.3, -0.25) is 0 Å². The van der Waals surface area contributed by atoms with Gasteiger partial charge in [0.15, 0.2) is 0 Å². The Morgan fingerprint density at radius 1 is 1.57 bits per heavy atom. The van der Waals surface area contributed by atoms with Gasteiger partial charge in [0.05, 0.1) is 12.2 Å². The van der Waals surface area contributed by atoms with E-state index in [4.69, 9.17) is 16.0 Å².